The monoisotopic (exact) mass is 569 g/mol. The predicted molar refractivity (Wildman–Crippen MR) is 164 cm³/mol. The standard InChI is InChI=1S/C33H39N5O4/c1-2-3-13-30-36-27-18-19-29(34-21-20-31(39)35-25-9-5-4-6-10-25)37-32(27)38(30)22-23-14-16-24(17-15-23)26-11-7-8-12-28(26)42-33(40)41/h7-8,11-12,14-19,25H,2-6,9-10,13,20-22H2,1H3,(H,34,37)(H,35,39)(H,40,41). The number of ether oxygens (including phenoxy) is 1. The van der Waals surface area contributed by atoms with E-state index in [0.29, 0.717) is 36.9 Å². The van der Waals surface area contributed by atoms with Crippen LogP contribution in [0.15, 0.2) is 60.7 Å². The van der Waals surface area contributed by atoms with E-state index in [1.54, 1.807) is 12.1 Å². The number of carbonyl (C=O) groups is 2. The van der Waals surface area contributed by atoms with E-state index in [2.05, 4.69) is 22.1 Å². The minimum Gasteiger partial charge on any atom is -0.449 e. The van der Waals surface area contributed by atoms with Crippen LogP contribution in [-0.4, -0.2) is 44.3 Å². The molecule has 1 amide bonds. The second kappa shape index (κ2) is 14.0. The average Bonchev–Trinajstić information content (AvgIpc) is 3.33. The highest BCUT2D eigenvalue weighted by Crippen LogP contribution is 2.30. The molecular weight excluding hydrogens is 530 g/mol. The number of pyridine rings is 1. The molecule has 0 radical (unpaired) electrons. The van der Waals surface area contributed by atoms with Crippen LogP contribution >= 0.6 is 0 Å². The number of fused-ring (bicyclic) bond motifs is 1. The first kappa shape index (κ1) is 29.1. The molecule has 3 N–H and O–H groups in total. The molecule has 4 aromatic rings. The normalized spacial score (nSPS) is 13.6. The topological polar surface area (TPSA) is 118 Å². The Labute approximate surface area is 246 Å². The molecule has 1 saturated carbocycles. The molecule has 0 bridgehead atoms. The second-order valence-corrected chi connectivity index (χ2v) is 10.9. The number of aryl methyl sites for hydroxylation is 1. The largest absolute Gasteiger partial charge is 0.511 e. The number of nitrogens with zero attached hydrogens (tertiary/aromatic N) is 3. The Hall–Kier alpha value is -4.40. The van der Waals surface area contributed by atoms with Crippen molar-refractivity contribution in [3.05, 3.63) is 72.1 Å². The van der Waals surface area contributed by atoms with Gasteiger partial charge in [0.25, 0.3) is 0 Å². The average molecular weight is 570 g/mol. The molecule has 220 valence electrons. The van der Waals surface area contributed by atoms with E-state index in [0.717, 1.165) is 66.0 Å². The van der Waals surface area contributed by atoms with Crippen LogP contribution in [0.1, 0.15) is 69.7 Å². The third-order valence-electron chi connectivity index (χ3n) is 7.74. The Morgan fingerprint density at radius 3 is 2.55 bits per heavy atom. The van der Waals surface area contributed by atoms with Crippen molar-refractivity contribution in [1.29, 1.82) is 0 Å². The maximum Gasteiger partial charge on any atom is 0.511 e. The van der Waals surface area contributed by atoms with E-state index < -0.39 is 6.16 Å². The summed E-state index contributed by atoms with van der Waals surface area (Å²) in [6, 6.07) is 19.4. The van der Waals surface area contributed by atoms with Crippen molar-refractivity contribution in [2.45, 2.75) is 77.3 Å². The van der Waals surface area contributed by atoms with E-state index in [1.807, 2.05) is 48.5 Å². The number of carboxylic acid groups (broad SMARTS) is 1. The molecule has 9 nitrogen and oxygen atoms in total. The summed E-state index contributed by atoms with van der Waals surface area (Å²) in [5.74, 6) is 2.10. The Morgan fingerprint density at radius 1 is 1.00 bits per heavy atom. The van der Waals surface area contributed by atoms with Crippen molar-refractivity contribution < 1.29 is 19.4 Å². The van der Waals surface area contributed by atoms with Gasteiger partial charge in [0, 0.05) is 31.0 Å². The van der Waals surface area contributed by atoms with Crippen LogP contribution in [0.4, 0.5) is 10.6 Å². The number of carbonyl (C=O) groups excluding carboxylic acids is 1. The molecular formula is C33H39N5O4. The minimum atomic E-state index is -1.34. The molecule has 2 aromatic carbocycles. The summed E-state index contributed by atoms with van der Waals surface area (Å²) in [5.41, 5.74) is 4.31. The fourth-order valence-electron chi connectivity index (χ4n) is 5.55. The summed E-state index contributed by atoms with van der Waals surface area (Å²) in [7, 11) is 0. The van der Waals surface area contributed by atoms with Crippen molar-refractivity contribution >= 4 is 29.0 Å². The lowest BCUT2D eigenvalue weighted by molar-refractivity contribution is -0.121. The van der Waals surface area contributed by atoms with Gasteiger partial charge in [-0.1, -0.05) is 75.1 Å². The molecule has 1 fully saturated rings. The number of nitrogens with one attached hydrogen (secondary N) is 2. The van der Waals surface area contributed by atoms with Crippen molar-refractivity contribution in [1.82, 2.24) is 19.9 Å². The first-order chi connectivity index (χ1) is 20.5. The second-order valence-electron chi connectivity index (χ2n) is 10.9. The van der Waals surface area contributed by atoms with Crippen molar-refractivity contribution in [2.75, 3.05) is 11.9 Å². The zero-order chi connectivity index (χ0) is 29.3. The Morgan fingerprint density at radius 2 is 1.79 bits per heavy atom. The molecule has 42 heavy (non-hydrogen) atoms. The predicted octanol–water partition coefficient (Wildman–Crippen LogP) is 6.80. The molecule has 0 aliphatic heterocycles. The summed E-state index contributed by atoms with van der Waals surface area (Å²) in [6.07, 6.45) is 7.84. The van der Waals surface area contributed by atoms with Crippen LogP contribution in [0.25, 0.3) is 22.3 Å². The van der Waals surface area contributed by atoms with Gasteiger partial charge >= 0.3 is 6.16 Å². The summed E-state index contributed by atoms with van der Waals surface area (Å²) < 4.78 is 7.14. The Balaban J connectivity index is 1.30. The quantitative estimate of drug-likeness (QED) is 0.127. The van der Waals surface area contributed by atoms with E-state index >= 15 is 0 Å². The summed E-state index contributed by atoms with van der Waals surface area (Å²) in [5, 5.41) is 15.6. The molecule has 9 heteroatoms. The van der Waals surface area contributed by atoms with Gasteiger partial charge in [-0.25, -0.2) is 14.8 Å². The lowest BCUT2D eigenvalue weighted by Gasteiger charge is -2.22. The SMILES string of the molecule is CCCCc1nc2ccc(NCCC(=O)NC3CCCCC3)nc2n1Cc1ccc(-c2ccccc2OC(=O)O)cc1. The maximum absolute atomic E-state index is 12.4. The highest BCUT2D eigenvalue weighted by molar-refractivity contribution is 5.77. The number of aromatic nitrogens is 3. The fourth-order valence-corrected chi connectivity index (χ4v) is 5.55. The van der Waals surface area contributed by atoms with Crippen LogP contribution < -0.4 is 15.4 Å². The first-order valence-corrected chi connectivity index (χ1v) is 15.0. The number of amides is 1. The highest BCUT2D eigenvalue weighted by Gasteiger charge is 2.17. The summed E-state index contributed by atoms with van der Waals surface area (Å²) in [4.78, 5) is 33.4. The number of benzene rings is 2. The van der Waals surface area contributed by atoms with Gasteiger partial charge in [-0.05, 0) is 48.6 Å². The molecule has 0 atom stereocenters. The zero-order valence-corrected chi connectivity index (χ0v) is 24.1. The van der Waals surface area contributed by atoms with Gasteiger partial charge < -0.3 is 25.0 Å². The molecule has 5 rings (SSSR count). The maximum atomic E-state index is 12.4. The van der Waals surface area contributed by atoms with E-state index in [9.17, 15) is 9.59 Å². The molecule has 2 heterocycles. The third-order valence-corrected chi connectivity index (χ3v) is 7.74. The zero-order valence-electron chi connectivity index (χ0n) is 24.1. The van der Waals surface area contributed by atoms with E-state index in [4.69, 9.17) is 19.8 Å². The highest BCUT2D eigenvalue weighted by atomic mass is 16.7. The number of hydrogen-bond acceptors (Lipinski definition) is 6. The Kier molecular flexibility index (Phi) is 9.69. The van der Waals surface area contributed by atoms with Crippen molar-refractivity contribution in [3.8, 4) is 16.9 Å². The minimum absolute atomic E-state index is 0.0861. The first-order valence-electron chi connectivity index (χ1n) is 15.0. The van der Waals surface area contributed by atoms with Gasteiger partial charge in [-0.3, -0.25) is 4.79 Å². The Bertz CT molecular complexity index is 1510. The van der Waals surface area contributed by atoms with Crippen LogP contribution in [0.2, 0.25) is 0 Å². The number of unbranched alkanes of at least 4 members (excludes halogenated alkanes) is 1. The number of imidazole rings is 1. The van der Waals surface area contributed by atoms with Crippen LogP contribution in [-0.2, 0) is 17.8 Å². The number of hydrogen-bond donors (Lipinski definition) is 3. The molecule has 1 aliphatic rings. The van der Waals surface area contributed by atoms with Gasteiger partial charge in [0.15, 0.2) is 5.65 Å². The lowest BCUT2D eigenvalue weighted by Crippen LogP contribution is -2.36. The van der Waals surface area contributed by atoms with Crippen LogP contribution in [0, 0.1) is 0 Å². The molecule has 0 saturated heterocycles. The third kappa shape index (κ3) is 7.46. The molecule has 0 unspecified atom stereocenters. The number of anilines is 1. The molecule has 1 aliphatic carbocycles. The lowest BCUT2D eigenvalue weighted by atomic mass is 9.95. The van der Waals surface area contributed by atoms with Crippen molar-refractivity contribution in [2.24, 2.45) is 0 Å². The van der Waals surface area contributed by atoms with Crippen LogP contribution in [0.3, 0.4) is 0 Å². The van der Waals surface area contributed by atoms with Crippen molar-refractivity contribution in [3.63, 3.8) is 0 Å². The fraction of sp³-hybridized carbons (Fsp3) is 0.394. The smallest absolute Gasteiger partial charge is 0.449 e. The van der Waals surface area contributed by atoms with Gasteiger partial charge in [-0.15, -0.1) is 0 Å². The van der Waals surface area contributed by atoms with Gasteiger partial charge in [0.2, 0.25) is 5.91 Å². The number of rotatable bonds is 12. The van der Waals surface area contributed by atoms with Gasteiger partial charge in [0.1, 0.15) is 22.9 Å². The summed E-state index contributed by atoms with van der Waals surface area (Å²) in [6.45, 7) is 3.29. The summed E-state index contributed by atoms with van der Waals surface area (Å²) >= 11 is 0. The molecule has 0 spiro atoms. The van der Waals surface area contributed by atoms with E-state index in [-0.39, 0.29) is 5.91 Å². The van der Waals surface area contributed by atoms with E-state index in [1.165, 1.54) is 19.3 Å². The van der Waals surface area contributed by atoms with Gasteiger partial charge in [-0.2, -0.15) is 0 Å². The van der Waals surface area contributed by atoms with Crippen LogP contribution in [0.5, 0.6) is 5.75 Å². The van der Waals surface area contributed by atoms with Gasteiger partial charge in [0.05, 0.1) is 6.54 Å². The number of para-hydroxylation sites is 1. The molecule has 2 aromatic heterocycles.